The van der Waals surface area contributed by atoms with Crippen LogP contribution in [0.25, 0.3) is 11.1 Å². The van der Waals surface area contributed by atoms with Crippen LogP contribution >= 0.6 is 11.6 Å². The third-order valence-electron chi connectivity index (χ3n) is 4.78. The van der Waals surface area contributed by atoms with Crippen LogP contribution in [0.4, 0.5) is 0 Å². The lowest BCUT2D eigenvalue weighted by atomic mass is 9.88. The number of hydrogen-bond donors (Lipinski definition) is 0. The first-order valence-corrected chi connectivity index (χ1v) is 10.9. The van der Waals surface area contributed by atoms with Gasteiger partial charge in [-0.25, -0.2) is 0 Å². The van der Waals surface area contributed by atoms with E-state index in [2.05, 4.69) is 60.7 Å². The van der Waals surface area contributed by atoms with E-state index in [9.17, 15) is 4.79 Å². The first-order valence-electron chi connectivity index (χ1n) is 10.4. The van der Waals surface area contributed by atoms with Gasteiger partial charge in [-0.2, -0.15) is 0 Å². The van der Waals surface area contributed by atoms with Crippen LogP contribution in [0.3, 0.4) is 0 Å². The molecule has 0 bridgehead atoms. The molecule has 0 heterocycles. The smallest absolute Gasteiger partial charge is 0.155 e. The Hall–Kier alpha value is -2.88. The lowest BCUT2D eigenvalue weighted by molar-refractivity contribution is -0.121. The van der Waals surface area contributed by atoms with Gasteiger partial charge >= 0.3 is 0 Å². The van der Waals surface area contributed by atoms with E-state index in [0.717, 1.165) is 23.3 Å². The number of carbonyl (C=O) groups excluding carboxylic acids is 1. The standard InChI is InChI=1S/C27H27ClO3/c1-21(29)20-30-18-19-31-25-14-12-24(13-15-25)27(23-10-6-3-7-11-23)26(16-17-28)22-8-4-2-5-9-22/h2-15H,16-20H2,1H3/b27-26-. The van der Waals surface area contributed by atoms with E-state index in [-0.39, 0.29) is 12.4 Å². The maximum Gasteiger partial charge on any atom is 0.155 e. The van der Waals surface area contributed by atoms with Gasteiger partial charge in [-0.15, -0.1) is 11.6 Å². The molecule has 0 amide bonds. The Bertz CT molecular complexity index is 980. The van der Waals surface area contributed by atoms with Crippen molar-refractivity contribution in [1.29, 1.82) is 0 Å². The summed E-state index contributed by atoms with van der Waals surface area (Å²) in [6.45, 7) is 2.40. The van der Waals surface area contributed by atoms with E-state index >= 15 is 0 Å². The molecule has 3 aromatic rings. The second-order valence-electron chi connectivity index (χ2n) is 7.15. The van der Waals surface area contributed by atoms with Crippen molar-refractivity contribution < 1.29 is 14.3 Å². The summed E-state index contributed by atoms with van der Waals surface area (Å²) in [6, 6.07) is 28.9. The molecule has 0 aromatic heterocycles. The van der Waals surface area contributed by atoms with E-state index in [1.54, 1.807) is 0 Å². The Morgan fingerprint density at radius 2 is 1.35 bits per heavy atom. The largest absolute Gasteiger partial charge is 0.491 e. The van der Waals surface area contributed by atoms with Gasteiger partial charge < -0.3 is 9.47 Å². The average Bonchev–Trinajstić information content (AvgIpc) is 2.80. The predicted molar refractivity (Wildman–Crippen MR) is 128 cm³/mol. The van der Waals surface area contributed by atoms with Gasteiger partial charge in [0.05, 0.1) is 6.61 Å². The number of carbonyl (C=O) groups is 1. The number of ketones is 1. The monoisotopic (exact) mass is 434 g/mol. The van der Waals surface area contributed by atoms with E-state index in [1.807, 2.05) is 24.3 Å². The lowest BCUT2D eigenvalue weighted by Crippen LogP contribution is -2.11. The minimum atomic E-state index is 0.00995. The fraction of sp³-hybridized carbons (Fsp3) is 0.222. The highest BCUT2D eigenvalue weighted by atomic mass is 35.5. The van der Waals surface area contributed by atoms with E-state index in [0.29, 0.717) is 19.1 Å². The SMILES string of the molecule is CC(=O)COCCOc1ccc(/C(=C(/CCCl)c2ccccc2)c2ccccc2)cc1. The number of hydrogen-bond acceptors (Lipinski definition) is 3. The number of benzene rings is 3. The minimum absolute atomic E-state index is 0.00995. The summed E-state index contributed by atoms with van der Waals surface area (Å²) in [6.07, 6.45) is 0.765. The maximum atomic E-state index is 10.9. The Labute approximate surface area is 189 Å². The first kappa shape index (κ1) is 22.8. The van der Waals surface area contributed by atoms with Crippen molar-refractivity contribution in [1.82, 2.24) is 0 Å². The molecule has 3 aromatic carbocycles. The van der Waals surface area contributed by atoms with Crippen LogP contribution in [0.5, 0.6) is 5.75 Å². The molecular weight excluding hydrogens is 408 g/mol. The Morgan fingerprint density at radius 3 is 1.94 bits per heavy atom. The number of rotatable bonds is 11. The quantitative estimate of drug-likeness (QED) is 0.203. The fourth-order valence-electron chi connectivity index (χ4n) is 3.42. The molecule has 0 unspecified atom stereocenters. The molecule has 160 valence electrons. The Balaban J connectivity index is 1.89. The van der Waals surface area contributed by atoms with E-state index in [1.165, 1.54) is 23.6 Å². The molecule has 0 fully saturated rings. The molecule has 0 aliphatic carbocycles. The zero-order valence-electron chi connectivity index (χ0n) is 17.7. The molecule has 3 rings (SSSR count). The second-order valence-corrected chi connectivity index (χ2v) is 7.53. The van der Waals surface area contributed by atoms with Gasteiger partial charge in [0.15, 0.2) is 5.78 Å². The molecule has 0 atom stereocenters. The van der Waals surface area contributed by atoms with Gasteiger partial charge in [-0.3, -0.25) is 4.79 Å². The number of ether oxygens (including phenoxy) is 2. The third-order valence-corrected chi connectivity index (χ3v) is 4.96. The molecule has 3 nitrogen and oxygen atoms in total. The number of allylic oxidation sites excluding steroid dienone is 1. The molecule has 0 saturated heterocycles. The van der Waals surface area contributed by atoms with Crippen molar-refractivity contribution >= 4 is 28.5 Å². The van der Waals surface area contributed by atoms with E-state index in [4.69, 9.17) is 21.1 Å². The molecule has 0 aliphatic rings. The topological polar surface area (TPSA) is 35.5 Å². The zero-order valence-corrected chi connectivity index (χ0v) is 18.5. The maximum absolute atomic E-state index is 10.9. The van der Waals surface area contributed by atoms with Crippen LogP contribution in [0.1, 0.15) is 30.0 Å². The van der Waals surface area contributed by atoms with Crippen LogP contribution in [0, 0.1) is 0 Å². The summed E-state index contributed by atoms with van der Waals surface area (Å²) in [5.74, 6) is 1.32. The van der Waals surface area contributed by atoms with Crippen LogP contribution in [0.15, 0.2) is 84.9 Å². The molecular formula is C27H27ClO3. The first-order chi connectivity index (χ1) is 15.2. The second kappa shape index (κ2) is 12.1. The number of alkyl halides is 1. The Morgan fingerprint density at radius 1 is 0.774 bits per heavy atom. The fourth-order valence-corrected chi connectivity index (χ4v) is 3.61. The third kappa shape index (κ3) is 6.81. The molecule has 0 N–H and O–H groups in total. The number of halogens is 1. The highest BCUT2D eigenvalue weighted by Crippen LogP contribution is 2.35. The summed E-state index contributed by atoms with van der Waals surface area (Å²) in [4.78, 5) is 10.9. The van der Waals surface area contributed by atoms with Gasteiger partial charge in [-0.05, 0) is 53.3 Å². The zero-order chi connectivity index (χ0) is 21.9. The van der Waals surface area contributed by atoms with Crippen molar-refractivity contribution in [3.63, 3.8) is 0 Å². The molecule has 0 spiro atoms. The van der Waals surface area contributed by atoms with Crippen LogP contribution < -0.4 is 4.74 Å². The van der Waals surface area contributed by atoms with Crippen molar-refractivity contribution in [3.05, 3.63) is 102 Å². The van der Waals surface area contributed by atoms with Crippen LogP contribution in [-0.2, 0) is 9.53 Å². The summed E-state index contributed by atoms with van der Waals surface area (Å²) < 4.78 is 11.0. The van der Waals surface area contributed by atoms with Crippen molar-refractivity contribution in [2.45, 2.75) is 13.3 Å². The molecule has 4 heteroatoms. The normalized spacial score (nSPS) is 11.7. The van der Waals surface area contributed by atoms with Gasteiger partial charge in [0.2, 0.25) is 0 Å². The predicted octanol–water partition coefficient (Wildman–Crippen LogP) is 6.26. The van der Waals surface area contributed by atoms with E-state index < -0.39 is 0 Å². The van der Waals surface area contributed by atoms with Crippen molar-refractivity contribution in [2.75, 3.05) is 25.7 Å². The van der Waals surface area contributed by atoms with Crippen molar-refractivity contribution in [3.8, 4) is 5.75 Å². The van der Waals surface area contributed by atoms with Crippen LogP contribution in [-0.4, -0.2) is 31.5 Å². The molecule has 31 heavy (non-hydrogen) atoms. The van der Waals surface area contributed by atoms with Gasteiger partial charge in [-0.1, -0.05) is 72.8 Å². The minimum Gasteiger partial charge on any atom is -0.491 e. The Kier molecular flexibility index (Phi) is 8.89. The molecule has 0 saturated carbocycles. The summed E-state index contributed by atoms with van der Waals surface area (Å²) in [7, 11) is 0. The number of Topliss-reactive ketones (excluding diaryl/α,β-unsaturated/α-hetero) is 1. The summed E-state index contributed by atoms with van der Waals surface area (Å²) in [5.41, 5.74) is 5.81. The van der Waals surface area contributed by atoms with Gasteiger partial charge in [0, 0.05) is 5.88 Å². The summed E-state index contributed by atoms with van der Waals surface area (Å²) in [5, 5.41) is 0. The highest BCUT2D eigenvalue weighted by Gasteiger charge is 2.14. The van der Waals surface area contributed by atoms with Gasteiger partial charge in [0.1, 0.15) is 19.0 Å². The van der Waals surface area contributed by atoms with Gasteiger partial charge in [0.25, 0.3) is 0 Å². The lowest BCUT2D eigenvalue weighted by Gasteiger charge is -2.17. The highest BCUT2D eigenvalue weighted by molar-refractivity contribution is 6.18. The molecule has 0 radical (unpaired) electrons. The van der Waals surface area contributed by atoms with Crippen LogP contribution in [0.2, 0.25) is 0 Å². The summed E-state index contributed by atoms with van der Waals surface area (Å²) >= 11 is 6.21. The van der Waals surface area contributed by atoms with Crippen molar-refractivity contribution in [2.24, 2.45) is 0 Å². The average molecular weight is 435 g/mol. The molecule has 0 aliphatic heterocycles.